The summed E-state index contributed by atoms with van der Waals surface area (Å²) in [6.07, 6.45) is -1.59. The number of nitrogens with one attached hydrogen (secondary N) is 2. The lowest BCUT2D eigenvalue weighted by atomic mass is 10.1. The summed E-state index contributed by atoms with van der Waals surface area (Å²) < 4.78 is 5.48. The van der Waals surface area contributed by atoms with Crippen LogP contribution in [0.15, 0.2) is 4.79 Å². The molecule has 23 heavy (non-hydrogen) atoms. The number of aliphatic hydroxyl groups is 3. The van der Waals surface area contributed by atoms with Gasteiger partial charge < -0.3 is 25.0 Å². The monoisotopic (exact) mass is 320 g/mol. The van der Waals surface area contributed by atoms with Crippen molar-refractivity contribution in [3.8, 4) is 11.8 Å². The quantitative estimate of drug-likeness (QED) is 0.436. The van der Waals surface area contributed by atoms with E-state index in [0.29, 0.717) is 0 Å². The van der Waals surface area contributed by atoms with E-state index in [1.54, 1.807) is 0 Å². The molecule has 0 unspecified atom stereocenters. The highest BCUT2D eigenvalue weighted by Crippen LogP contribution is 2.30. The molecule has 9 nitrogen and oxygen atoms in total. The largest absolute Gasteiger partial charge is 0.395 e. The number of aromatic amines is 2. The Morgan fingerprint density at radius 1 is 1.39 bits per heavy atom. The van der Waals surface area contributed by atoms with Gasteiger partial charge >= 0.3 is 0 Å². The van der Waals surface area contributed by atoms with E-state index in [0.717, 1.165) is 0 Å². The molecular weight excluding hydrogens is 304 g/mol. The number of fused-ring (bicyclic) bond motifs is 1. The molecule has 0 saturated carbocycles. The summed E-state index contributed by atoms with van der Waals surface area (Å²) in [4.78, 5) is 19.1. The Balaban J connectivity index is 1.95. The lowest BCUT2D eigenvalue weighted by molar-refractivity contribution is -0.0246. The Morgan fingerprint density at radius 2 is 2.22 bits per heavy atom. The zero-order valence-electron chi connectivity index (χ0n) is 12.1. The van der Waals surface area contributed by atoms with E-state index >= 15 is 0 Å². The topological polar surface area (TPSA) is 144 Å². The average molecular weight is 320 g/mol. The Bertz CT molecular complexity index is 818. The summed E-state index contributed by atoms with van der Waals surface area (Å²) in [5.74, 6) is 5.66. The third kappa shape index (κ3) is 2.97. The summed E-state index contributed by atoms with van der Waals surface area (Å²) in [6.45, 7) is -0.375. The second-order valence-electron chi connectivity index (χ2n) is 5.17. The van der Waals surface area contributed by atoms with Gasteiger partial charge in [-0.2, -0.15) is 5.10 Å². The highest BCUT2D eigenvalue weighted by Gasteiger charge is 2.36. The predicted molar refractivity (Wildman–Crippen MR) is 78.4 cm³/mol. The van der Waals surface area contributed by atoms with Crippen molar-refractivity contribution in [1.82, 2.24) is 20.2 Å². The van der Waals surface area contributed by atoms with Crippen LogP contribution in [-0.4, -0.2) is 60.9 Å². The van der Waals surface area contributed by atoms with Crippen LogP contribution in [0.4, 0.5) is 0 Å². The first-order valence-corrected chi connectivity index (χ1v) is 7.16. The molecule has 2 aromatic rings. The van der Waals surface area contributed by atoms with Crippen molar-refractivity contribution in [1.29, 1.82) is 0 Å². The lowest BCUT2D eigenvalue weighted by Gasteiger charge is -2.11. The zero-order chi connectivity index (χ0) is 16.4. The molecule has 1 aliphatic rings. The van der Waals surface area contributed by atoms with Gasteiger partial charge in [0, 0.05) is 12.8 Å². The molecule has 0 bridgehead atoms. The average Bonchev–Trinajstić information content (AvgIpc) is 3.11. The molecule has 1 aliphatic heterocycles. The maximum absolute atomic E-state index is 12.3. The zero-order valence-corrected chi connectivity index (χ0v) is 12.1. The number of H-pyrrole nitrogens is 2. The maximum atomic E-state index is 12.3. The van der Waals surface area contributed by atoms with Gasteiger partial charge in [-0.3, -0.25) is 9.89 Å². The van der Waals surface area contributed by atoms with Crippen LogP contribution in [-0.2, 0) is 4.74 Å². The van der Waals surface area contributed by atoms with Gasteiger partial charge in [0.05, 0.1) is 19.3 Å². The molecule has 0 aromatic carbocycles. The molecule has 0 radical (unpaired) electrons. The molecule has 1 fully saturated rings. The Hall–Kier alpha value is -2.25. The Kier molecular flexibility index (Phi) is 4.40. The standard InChI is InChI=1S/C14H16N4O5/c19-4-2-1-3-7-11-13(18-17-7)15-12(16-14(11)22)9-5-8(21)10(6-20)23-9/h8-10,19-21H,2,4-6H2,(H2,15,16,17,18,22)/t8-,9+,10+/m0/s1. The fraction of sp³-hybridized carbons (Fsp3) is 0.500. The first-order valence-electron chi connectivity index (χ1n) is 7.16. The molecule has 3 heterocycles. The molecule has 0 spiro atoms. The normalized spacial score (nSPS) is 23.9. The Morgan fingerprint density at radius 3 is 2.91 bits per heavy atom. The van der Waals surface area contributed by atoms with Crippen LogP contribution in [0.25, 0.3) is 11.0 Å². The number of hydrogen-bond acceptors (Lipinski definition) is 7. The number of hydrogen-bond donors (Lipinski definition) is 5. The molecular formula is C14H16N4O5. The smallest absolute Gasteiger partial charge is 0.263 e. The highest BCUT2D eigenvalue weighted by atomic mass is 16.5. The third-order valence-corrected chi connectivity index (χ3v) is 3.60. The SMILES string of the molecule is O=c1[nH]c([C@H]2C[C@H](O)[C@@H](CO)O2)nc2[nH]nc(C#CCCO)c12. The van der Waals surface area contributed by atoms with Crippen LogP contribution < -0.4 is 5.56 Å². The lowest BCUT2D eigenvalue weighted by Crippen LogP contribution is -2.24. The van der Waals surface area contributed by atoms with E-state index < -0.39 is 23.9 Å². The fourth-order valence-electron chi connectivity index (χ4n) is 2.47. The summed E-state index contributed by atoms with van der Waals surface area (Å²) in [5.41, 5.74) is 0.106. The molecule has 3 atom stereocenters. The summed E-state index contributed by atoms with van der Waals surface area (Å²) >= 11 is 0. The van der Waals surface area contributed by atoms with Crippen LogP contribution in [0.3, 0.4) is 0 Å². The van der Waals surface area contributed by atoms with Gasteiger partial charge in [0.15, 0.2) is 5.65 Å². The molecule has 122 valence electrons. The van der Waals surface area contributed by atoms with Crippen molar-refractivity contribution in [3.05, 3.63) is 21.9 Å². The van der Waals surface area contributed by atoms with Crippen molar-refractivity contribution in [2.24, 2.45) is 0 Å². The van der Waals surface area contributed by atoms with Crippen LogP contribution in [0.2, 0.25) is 0 Å². The minimum atomic E-state index is -0.812. The van der Waals surface area contributed by atoms with Crippen molar-refractivity contribution in [3.63, 3.8) is 0 Å². The van der Waals surface area contributed by atoms with Gasteiger partial charge in [-0.25, -0.2) is 4.98 Å². The number of aromatic nitrogens is 4. The van der Waals surface area contributed by atoms with E-state index in [1.807, 2.05) is 0 Å². The second-order valence-corrected chi connectivity index (χ2v) is 5.17. The molecule has 9 heteroatoms. The minimum Gasteiger partial charge on any atom is -0.395 e. The second kappa shape index (κ2) is 6.47. The summed E-state index contributed by atoms with van der Waals surface area (Å²) in [5, 5.41) is 34.4. The van der Waals surface area contributed by atoms with Crippen molar-refractivity contribution < 1.29 is 20.1 Å². The minimum absolute atomic E-state index is 0.0680. The van der Waals surface area contributed by atoms with Gasteiger partial charge in [-0.05, 0) is 5.92 Å². The summed E-state index contributed by atoms with van der Waals surface area (Å²) in [6, 6.07) is 0. The van der Waals surface area contributed by atoms with Gasteiger partial charge in [0.25, 0.3) is 5.56 Å². The van der Waals surface area contributed by atoms with Crippen molar-refractivity contribution in [2.45, 2.75) is 31.2 Å². The Labute approximate surface area is 130 Å². The maximum Gasteiger partial charge on any atom is 0.263 e. The van der Waals surface area contributed by atoms with E-state index in [9.17, 15) is 9.90 Å². The molecule has 3 rings (SSSR count). The molecule has 0 amide bonds. The van der Waals surface area contributed by atoms with Gasteiger partial charge in [-0.15, -0.1) is 0 Å². The number of aliphatic hydroxyl groups excluding tert-OH is 3. The van der Waals surface area contributed by atoms with Crippen LogP contribution in [0, 0.1) is 11.8 Å². The van der Waals surface area contributed by atoms with Gasteiger partial charge in [0.1, 0.15) is 29.1 Å². The number of ether oxygens (including phenoxy) is 1. The van der Waals surface area contributed by atoms with Crippen LogP contribution >= 0.6 is 0 Å². The number of rotatable bonds is 3. The van der Waals surface area contributed by atoms with E-state index in [-0.39, 0.29) is 48.6 Å². The molecule has 1 saturated heterocycles. The first-order chi connectivity index (χ1) is 11.1. The van der Waals surface area contributed by atoms with E-state index in [4.69, 9.17) is 14.9 Å². The highest BCUT2D eigenvalue weighted by molar-refractivity contribution is 5.79. The number of nitrogens with zero attached hydrogens (tertiary/aromatic N) is 2. The summed E-state index contributed by atoms with van der Waals surface area (Å²) in [7, 11) is 0. The van der Waals surface area contributed by atoms with E-state index in [1.165, 1.54) is 0 Å². The predicted octanol–water partition coefficient (Wildman–Crippen LogP) is -1.44. The fourth-order valence-corrected chi connectivity index (χ4v) is 2.47. The van der Waals surface area contributed by atoms with Crippen molar-refractivity contribution >= 4 is 11.0 Å². The van der Waals surface area contributed by atoms with E-state index in [2.05, 4.69) is 32.0 Å². The van der Waals surface area contributed by atoms with Gasteiger partial charge in [0.2, 0.25) is 0 Å². The molecule has 0 aliphatic carbocycles. The van der Waals surface area contributed by atoms with Crippen LogP contribution in [0.5, 0.6) is 0 Å². The van der Waals surface area contributed by atoms with Crippen LogP contribution in [0.1, 0.15) is 30.5 Å². The van der Waals surface area contributed by atoms with Gasteiger partial charge in [-0.1, -0.05) is 5.92 Å². The van der Waals surface area contributed by atoms with Crippen molar-refractivity contribution in [2.75, 3.05) is 13.2 Å². The molecule has 5 N–H and O–H groups in total. The first kappa shape index (κ1) is 15.6. The molecule has 2 aromatic heterocycles. The third-order valence-electron chi connectivity index (χ3n) is 3.60.